The van der Waals surface area contributed by atoms with Crippen LogP contribution in [0.15, 0.2) is 4.79 Å². The molecule has 1 aliphatic rings. The quantitative estimate of drug-likeness (QED) is 0.680. The predicted molar refractivity (Wildman–Crippen MR) is 109 cm³/mol. The first-order valence-electron chi connectivity index (χ1n) is 9.03. The van der Waals surface area contributed by atoms with E-state index >= 15 is 0 Å². The van der Waals surface area contributed by atoms with Crippen molar-refractivity contribution in [1.82, 2.24) is 20.2 Å². The number of likely N-dealkylation sites (N-methyl/N-ethyl adjacent to an activating group) is 1. The molecule has 2 aromatic heterocycles. The molecule has 0 atom stereocenters. The summed E-state index contributed by atoms with van der Waals surface area (Å²) in [6.45, 7) is 0.0189. The second-order valence-corrected chi connectivity index (χ2v) is 8.96. The van der Waals surface area contributed by atoms with Crippen LogP contribution >= 0.6 is 23.1 Å². The minimum atomic E-state index is -0.152. The van der Waals surface area contributed by atoms with Crippen molar-refractivity contribution in [3.8, 4) is 0 Å². The highest BCUT2D eigenvalue weighted by molar-refractivity contribution is 7.98. The van der Waals surface area contributed by atoms with Gasteiger partial charge in [-0.25, -0.2) is 4.98 Å². The summed E-state index contributed by atoms with van der Waals surface area (Å²) in [6.07, 6.45) is 4.66. The van der Waals surface area contributed by atoms with Crippen molar-refractivity contribution < 1.29 is 9.59 Å². The number of carbonyl (C=O) groups is 2. The van der Waals surface area contributed by atoms with Crippen LogP contribution in [0.4, 0.5) is 0 Å². The Labute approximate surface area is 165 Å². The van der Waals surface area contributed by atoms with Gasteiger partial charge >= 0.3 is 0 Å². The van der Waals surface area contributed by atoms with E-state index in [1.807, 2.05) is 0 Å². The van der Waals surface area contributed by atoms with E-state index in [4.69, 9.17) is 0 Å². The zero-order valence-electron chi connectivity index (χ0n) is 15.6. The lowest BCUT2D eigenvalue weighted by Gasteiger charge is -2.10. The Kier molecular flexibility index (Phi) is 6.54. The van der Waals surface area contributed by atoms with Crippen molar-refractivity contribution in [3.63, 3.8) is 0 Å². The number of H-pyrrole nitrogens is 1. The van der Waals surface area contributed by atoms with Crippen LogP contribution in [0.5, 0.6) is 0 Å². The van der Waals surface area contributed by atoms with Gasteiger partial charge in [-0.1, -0.05) is 0 Å². The lowest BCUT2D eigenvalue weighted by Crippen LogP contribution is -2.36. The first kappa shape index (κ1) is 19.9. The number of hydrogen-bond donors (Lipinski definition) is 2. The molecule has 0 fully saturated rings. The fourth-order valence-electron chi connectivity index (χ4n) is 3.03. The Balaban J connectivity index is 1.51. The molecule has 0 aromatic carbocycles. The number of rotatable bonds is 7. The molecule has 2 heterocycles. The second-order valence-electron chi connectivity index (χ2n) is 6.77. The summed E-state index contributed by atoms with van der Waals surface area (Å²) in [5, 5.41) is 3.38. The molecule has 1 aliphatic carbocycles. The van der Waals surface area contributed by atoms with Crippen LogP contribution in [0.25, 0.3) is 10.2 Å². The minimum absolute atomic E-state index is 0.0189. The molecule has 2 N–H and O–H groups in total. The number of nitrogens with one attached hydrogen (secondary N) is 2. The number of thiophene rings is 1. The molecule has 27 heavy (non-hydrogen) atoms. The van der Waals surface area contributed by atoms with Gasteiger partial charge in [0.25, 0.3) is 5.56 Å². The van der Waals surface area contributed by atoms with E-state index < -0.39 is 0 Å². The van der Waals surface area contributed by atoms with Gasteiger partial charge in [0.15, 0.2) is 0 Å². The first-order valence-corrected chi connectivity index (χ1v) is 11.0. The monoisotopic (exact) mass is 408 g/mol. The molecule has 0 saturated heterocycles. The van der Waals surface area contributed by atoms with Gasteiger partial charge in [0.2, 0.25) is 11.8 Å². The molecule has 0 radical (unpaired) electrons. The van der Waals surface area contributed by atoms with Crippen molar-refractivity contribution >= 4 is 45.1 Å². The first-order chi connectivity index (χ1) is 13.0. The van der Waals surface area contributed by atoms with Crippen molar-refractivity contribution in [2.45, 2.75) is 37.9 Å². The van der Waals surface area contributed by atoms with Gasteiger partial charge in [-0.3, -0.25) is 14.4 Å². The van der Waals surface area contributed by atoms with Crippen LogP contribution in [0.1, 0.15) is 35.5 Å². The topological polar surface area (TPSA) is 95.2 Å². The molecule has 3 rings (SSSR count). The number of amides is 2. The second kappa shape index (κ2) is 8.88. The highest BCUT2D eigenvalue weighted by Crippen LogP contribution is 2.33. The van der Waals surface area contributed by atoms with E-state index in [9.17, 15) is 14.4 Å². The maximum absolute atomic E-state index is 12.5. The van der Waals surface area contributed by atoms with Gasteiger partial charge in [-0.2, -0.15) is 11.8 Å². The molecule has 0 unspecified atom stereocenters. The lowest BCUT2D eigenvalue weighted by atomic mass is 9.97. The molecule has 0 bridgehead atoms. The summed E-state index contributed by atoms with van der Waals surface area (Å²) in [5.41, 5.74) is 1.15. The predicted octanol–water partition coefficient (Wildman–Crippen LogP) is 1.69. The van der Waals surface area contributed by atoms with E-state index in [-0.39, 0.29) is 23.9 Å². The smallest absolute Gasteiger partial charge is 0.259 e. The Morgan fingerprint density at radius 2 is 2.07 bits per heavy atom. The van der Waals surface area contributed by atoms with Crippen LogP contribution in [-0.2, 0) is 28.2 Å². The van der Waals surface area contributed by atoms with E-state index in [0.717, 1.165) is 29.5 Å². The third-order valence-electron chi connectivity index (χ3n) is 4.52. The van der Waals surface area contributed by atoms with E-state index in [2.05, 4.69) is 15.3 Å². The molecule has 0 saturated carbocycles. The normalized spacial score (nSPS) is 13.4. The summed E-state index contributed by atoms with van der Waals surface area (Å²) in [4.78, 5) is 46.8. The van der Waals surface area contributed by atoms with Gasteiger partial charge in [-0.15, -0.1) is 11.3 Å². The summed E-state index contributed by atoms with van der Waals surface area (Å²) < 4.78 is 0. The average molecular weight is 409 g/mol. The summed E-state index contributed by atoms with van der Waals surface area (Å²) in [6, 6.07) is 0. The number of thioether (sulfide) groups is 1. The Morgan fingerprint density at radius 1 is 1.30 bits per heavy atom. The number of fused-ring (bicyclic) bond motifs is 3. The fourth-order valence-corrected chi connectivity index (χ4v) is 5.12. The lowest BCUT2D eigenvalue weighted by molar-refractivity contribution is -0.130. The van der Waals surface area contributed by atoms with E-state index in [1.165, 1.54) is 21.8 Å². The number of aromatic amines is 1. The van der Waals surface area contributed by atoms with E-state index in [0.29, 0.717) is 23.8 Å². The highest BCUT2D eigenvalue weighted by atomic mass is 32.2. The SMILES string of the molecule is CN(C)C(=O)CNC(=O)CCSCc1nc2sc3c(c2c(=O)[nH]1)CCCC3. The largest absolute Gasteiger partial charge is 0.347 e. The summed E-state index contributed by atoms with van der Waals surface area (Å²) in [5.74, 6) is 1.52. The van der Waals surface area contributed by atoms with Gasteiger partial charge in [-0.05, 0) is 31.2 Å². The molecule has 0 spiro atoms. The third kappa shape index (κ3) is 4.90. The average Bonchev–Trinajstić information content (AvgIpc) is 3.02. The van der Waals surface area contributed by atoms with Gasteiger partial charge in [0.1, 0.15) is 10.7 Å². The molecule has 146 valence electrons. The van der Waals surface area contributed by atoms with Crippen LogP contribution in [0.3, 0.4) is 0 Å². The fraction of sp³-hybridized carbons (Fsp3) is 0.556. The van der Waals surface area contributed by atoms with Crippen molar-refractivity contribution in [2.75, 3.05) is 26.4 Å². The number of aryl methyl sites for hydroxylation is 2. The third-order valence-corrected chi connectivity index (χ3v) is 6.68. The molecule has 0 aliphatic heterocycles. The van der Waals surface area contributed by atoms with Crippen molar-refractivity contribution in [1.29, 1.82) is 0 Å². The zero-order valence-corrected chi connectivity index (χ0v) is 17.2. The molecule has 9 heteroatoms. The van der Waals surface area contributed by atoms with Gasteiger partial charge in [0.05, 0.1) is 17.7 Å². The molecular weight excluding hydrogens is 384 g/mol. The zero-order chi connectivity index (χ0) is 19.4. The minimum Gasteiger partial charge on any atom is -0.347 e. The standard InChI is InChI=1S/C18H24N4O3S2/c1-22(2)15(24)9-19-14(23)7-8-26-10-13-20-17(25)16-11-5-3-4-6-12(11)27-18(16)21-13/h3-10H2,1-2H3,(H,19,23)(H,20,21,25). The Morgan fingerprint density at radius 3 is 2.85 bits per heavy atom. The maximum atomic E-state index is 12.5. The number of hydrogen-bond acceptors (Lipinski definition) is 6. The summed E-state index contributed by atoms with van der Waals surface area (Å²) in [7, 11) is 3.30. The highest BCUT2D eigenvalue weighted by Gasteiger charge is 2.19. The van der Waals surface area contributed by atoms with Gasteiger partial charge in [0, 0.05) is 31.1 Å². The van der Waals surface area contributed by atoms with Crippen LogP contribution in [0, 0.1) is 0 Å². The molecular formula is C18H24N4O3S2. The van der Waals surface area contributed by atoms with Crippen molar-refractivity contribution in [2.24, 2.45) is 0 Å². The molecule has 2 aromatic rings. The Bertz CT molecular complexity index is 904. The number of aromatic nitrogens is 2. The van der Waals surface area contributed by atoms with Crippen molar-refractivity contribution in [3.05, 3.63) is 26.6 Å². The van der Waals surface area contributed by atoms with Crippen LogP contribution < -0.4 is 10.9 Å². The molecule has 2 amide bonds. The number of carbonyl (C=O) groups excluding carboxylic acids is 2. The van der Waals surface area contributed by atoms with Gasteiger partial charge < -0.3 is 15.2 Å². The Hall–Kier alpha value is -1.87. The van der Waals surface area contributed by atoms with Crippen LogP contribution in [-0.4, -0.2) is 53.1 Å². The van der Waals surface area contributed by atoms with Crippen LogP contribution in [0.2, 0.25) is 0 Å². The summed E-state index contributed by atoms with van der Waals surface area (Å²) >= 11 is 3.19. The maximum Gasteiger partial charge on any atom is 0.259 e. The molecule has 7 nitrogen and oxygen atoms in total. The van der Waals surface area contributed by atoms with E-state index in [1.54, 1.807) is 37.2 Å². The number of nitrogens with zero attached hydrogens (tertiary/aromatic N) is 2.